The molecule has 0 aromatic heterocycles. The number of rotatable bonds is 11. The summed E-state index contributed by atoms with van der Waals surface area (Å²) in [5.74, 6) is 0.0945. The minimum atomic E-state index is -1.60. The Bertz CT molecular complexity index is 1210. The Kier molecular flexibility index (Phi) is 8.73. The van der Waals surface area contributed by atoms with E-state index in [-0.39, 0.29) is 11.8 Å². The van der Waals surface area contributed by atoms with Crippen LogP contribution in [0.15, 0.2) is 121 Å². The van der Waals surface area contributed by atoms with Crippen LogP contribution in [0.25, 0.3) is 0 Å². The third-order valence-corrected chi connectivity index (χ3v) is 7.72. The highest BCUT2D eigenvalue weighted by molar-refractivity contribution is 5.42. The van der Waals surface area contributed by atoms with Gasteiger partial charge in [0, 0.05) is 6.04 Å². The molecule has 0 saturated heterocycles. The molecular weight excluding hydrogens is 480 g/mol. The fourth-order valence-corrected chi connectivity index (χ4v) is 5.94. The zero-order valence-electron chi connectivity index (χ0n) is 23.5. The van der Waals surface area contributed by atoms with Crippen molar-refractivity contribution in [3.63, 3.8) is 0 Å². The molecule has 0 saturated carbocycles. The van der Waals surface area contributed by atoms with E-state index >= 15 is 0 Å². The van der Waals surface area contributed by atoms with Crippen molar-refractivity contribution in [3.8, 4) is 0 Å². The molecule has 4 aromatic carbocycles. The summed E-state index contributed by atoms with van der Waals surface area (Å²) in [6.45, 7) is 8.36. The Balaban J connectivity index is 1.96. The summed E-state index contributed by atoms with van der Waals surface area (Å²) >= 11 is 0. The first-order chi connectivity index (χ1) is 18.6. The largest absolute Gasteiger partial charge is 0.379 e. The number of nitrogens with two attached hydrogens (primary N) is 1. The lowest BCUT2D eigenvalue weighted by atomic mass is 9.69. The summed E-state index contributed by atoms with van der Waals surface area (Å²) in [4.78, 5) is 0. The highest BCUT2D eigenvalue weighted by Gasteiger charge is 2.54. The number of nitrogens with one attached hydrogen (secondary N) is 1. The summed E-state index contributed by atoms with van der Waals surface area (Å²) in [5, 5.41) is 29.4. The SMILES string of the molecule is CC(C)CC(N)(NC(C(C)C)C(O)(c1ccccc1)c1ccccc1)C(O)(c1ccccc1)c1ccccc1. The van der Waals surface area contributed by atoms with E-state index in [9.17, 15) is 10.2 Å². The molecule has 0 aliphatic carbocycles. The summed E-state index contributed by atoms with van der Waals surface area (Å²) in [6, 6.07) is 38.1. The molecule has 4 rings (SSSR count). The lowest BCUT2D eigenvalue weighted by Gasteiger charge is -2.52. The van der Waals surface area contributed by atoms with E-state index in [1.54, 1.807) is 0 Å². The molecule has 0 radical (unpaired) electrons. The molecule has 4 nitrogen and oxygen atoms in total. The van der Waals surface area contributed by atoms with Crippen molar-refractivity contribution in [2.75, 3.05) is 0 Å². The van der Waals surface area contributed by atoms with E-state index in [1.165, 1.54) is 0 Å². The van der Waals surface area contributed by atoms with Crippen LogP contribution in [0, 0.1) is 11.8 Å². The number of benzene rings is 4. The lowest BCUT2D eigenvalue weighted by Crippen LogP contribution is -2.73. The predicted octanol–water partition coefficient (Wildman–Crippen LogP) is 6.17. The minimum absolute atomic E-state index is 0.0544. The Labute approximate surface area is 233 Å². The fraction of sp³-hybridized carbons (Fsp3) is 0.314. The quantitative estimate of drug-likeness (QED) is 0.178. The van der Waals surface area contributed by atoms with Crippen LogP contribution < -0.4 is 11.1 Å². The first kappa shape index (κ1) is 28.7. The monoisotopic (exact) mass is 522 g/mol. The second-order valence-electron chi connectivity index (χ2n) is 11.4. The number of aliphatic hydroxyl groups is 2. The third kappa shape index (κ3) is 5.57. The van der Waals surface area contributed by atoms with Gasteiger partial charge in [-0.15, -0.1) is 0 Å². The van der Waals surface area contributed by atoms with Gasteiger partial charge >= 0.3 is 0 Å². The molecule has 0 spiro atoms. The van der Waals surface area contributed by atoms with Gasteiger partial charge < -0.3 is 15.9 Å². The molecular formula is C35H42N2O2. The molecule has 0 fully saturated rings. The van der Waals surface area contributed by atoms with Crippen LogP contribution in [0.1, 0.15) is 56.4 Å². The Morgan fingerprint density at radius 2 is 0.923 bits per heavy atom. The van der Waals surface area contributed by atoms with Crippen molar-refractivity contribution in [1.29, 1.82) is 0 Å². The van der Waals surface area contributed by atoms with Gasteiger partial charge in [-0.3, -0.25) is 5.32 Å². The number of hydrogen-bond donors (Lipinski definition) is 4. The Hall–Kier alpha value is -3.28. The first-order valence-electron chi connectivity index (χ1n) is 13.9. The Morgan fingerprint density at radius 1 is 0.590 bits per heavy atom. The van der Waals surface area contributed by atoms with Crippen LogP contribution in [0.5, 0.6) is 0 Å². The maximum Gasteiger partial charge on any atom is 0.146 e. The van der Waals surface area contributed by atoms with E-state index in [1.807, 2.05) is 121 Å². The molecule has 0 aliphatic heterocycles. The minimum Gasteiger partial charge on any atom is -0.379 e. The van der Waals surface area contributed by atoms with Gasteiger partial charge in [0.1, 0.15) is 16.9 Å². The van der Waals surface area contributed by atoms with Crippen LogP contribution in [0.4, 0.5) is 0 Å². The highest BCUT2D eigenvalue weighted by Crippen LogP contribution is 2.43. The molecule has 0 heterocycles. The lowest BCUT2D eigenvalue weighted by molar-refractivity contribution is -0.0681. The van der Waals surface area contributed by atoms with E-state index < -0.39 is 22.9 Å². The van der Waals surface area contributed by atoms with Gasteiger partial charge in [0.15, 0.2) is 0 Å². The smallest absolute Gasteiger partial charge is 0.146 e. The second kappa shape index (κ2) is 11.8. The van der Waals surface area contributed by atoms with Gasteiger partial charge in [-0.25, -0.2) is 0 Å². The van der Waals surface area contributed by atoms with Crippen molar-refractivity contribution in [2.24, 2.45) is 17.6 Å². The molecule has 2 atom stereocenters. The fourth-order valence-electron chi connectivity index (χ4n) is 5.94. The maximum atomic E-state index is 12.9. The van der Waals surface area contributed by atoms with E-state index in [2.05, 4.69) is 33.0 Å². The predicted molar refractivity (Wildman–Crippen MR) is 160 cm³/mol. The normalized spacial score (nSPS) is 14.8. The second-order valence-corrected chi connectivity index (χ2v) is 11.4. The van der Waals surface area contributed by atoms with Crippen molar-refractivity contribution < 1.29 is 10.2 Å². The van der Waals surface area contributed by atoms with Gasteiger partial charge in [-0.1, -0.05) is 149 Å². The molecule has 0 aliphatic rings. The van der Waals surface area contributed by atoms with E-state index in [0.717, 1.165) is 11.1 Å². The maximum absolute atomic E-state index is 12.9. The zero-order chi connectivity index (χ0) is 28.1. The van der Waals surface area contributed by atoms with E-state index in [4.69, 9.17) is 5.73 Å². The molecule has 2 unspecified atom stereocenters. The van der Waals surface area contributed by atoms with Gasteiger partial charge in [-0.2, -0.15) is 0 Å². The van der Waals surface area contributed by atoms with Crippen LogP contribution in [-0.4, -0.2) is 21.9 Å². The topological polar surface area (TPSA) is 78.5 Å². The van der Waals surface area contributed by atoms with Crippen molar-refractivity contribution >= 4 is 0 Å². The number of hydrogen-bond acceptors (Lipinski definition) is 4. The summed E-state index contributed by atoms with van der Waals surface area (Å²) in [7, 11) is 0. The third-order valence-electron chi connectivity index (χ3n) is 7.72. The van der Waals surface area contributed by atoms with Gasteiger partial charge in [-0.05, 0) is 40.5 Å². The summed E-state index contributed by atoms with van der Waals surface area (Å²) < 4.78 is 0. The first-order valence-corrected chi connectivity index (χ1v) is 13.9. The van der Waals surface area contributed by atoms with Crippen LogP contribution in [-0.2, 0) is 11.2 Å². The molecule has 0 bridgehead atoms. The van der Waals surface area contributed by atoms with Crippen molar-refractivity contribution in [3.05, 3.63) is 144 Å². The van der Waals surface area contributed by atoms with Crippen LogP contribution >= 0.6 is 0 Å². The van der Waals surface area contributed by atoms with Crippen molar-refractivity contribution in [2.45, 2.75) is 57.0 Å². The average molecular weight is 523 g/mol. The van der Waals surface area contributed by atoms with Gasteiger partial charge in [0.2, 0.25) is 0 Å². The molecule has 5 N–H and O–H groups in total. The van der Waals surface area contributed by atoms with Crippen molar-refractivity contribution in [1.82, 2.24) is 5.32 Å². The van der Waals surface area contributed by atoms with Crippen LogP contribution in [0.3, 0.4) is 0 Å². The highest BCUT2D eigenvalue weighted by atomic mass is 16.3. The van der Waals surface area contributed by atoms with E-state index in [0.29, 0.717) is 17.5 Å². The molecule has 0 amide bonds. The van der Waals surface area contributed by atoms with Gasteiger partial charge in [0.25, 0.3) is 0 Å². The standard InChI is InChI=1S/C35H42N2O2/c1-26(2)25-33(36,35(39,30-21-13-7-14-22-30)31-23-15-8-16-24-31)37-32(27(3)4)34(38,28-17-9-5-10-18-28)29-19-11-6-12-20-29/h5-24,26-27,32,37-39H,25,36H2,1-4H3. The Morgan fingerprint density at radius 3 is 1.23 bits per heavy atom. The molecule has 39 heavy (non-hydrogen) atoms. The molecule has 204 valence electrons. The summed E-state index contributed by atoms with van der Waals surface area (Å²) in [5.41, 5.74) is 6.00. The molecule has 4 heteroatoms. The van der Waals surface area contributed by atoms with Gasteiger partial charge in [0.05, 0.1) is 0 Å². The molecule has 4 aromatic rings. The zero-order valence-corrected chi connectivity index (χ0v) is 23.5. The average Bonchev–Trinajstić information content (AvgIpc) is 2.96. The van der Waals surface area contributed by atoms with Crippen LogP contribution in [0.2, 0.25) is 0 Å². The summed E-state index contributed by atoms with van der Waals surface area (Å²) in [6.07, 6.45) is 0.455.